The summed E-state index contributed by atoms with van der Waals surface area (Å²) in [5, 5.41) is 6.83. The second kappa shape index (κ2) is 8.66. The maximum Gasteiger partial charge on any atom is 0.271 e. The predicted molar refractivity (Wildman–Crippen MR) is 100.0 cm³/mol. The summed E-state index contributed by atoms with van der Waals surface area (Å²) in [6.07, 6.45) is 0. The first kappa shape index (κ1) is 19.0. The van der Waals surface area contributed by atoms with Crippen molar-refractivity contribution < 1.29 is 19.1 Å². The van der Waals surface area contributed by atoms with Crippen LogP contribution in [0.2, 0.25) is 0 Å². The van der Waals surface area contributed by atoms with Gasteiger partial charge >= 0.3 is 0 Å². The summed E-state index contributed by atoms with van der Waals surface area (Å²) in [5.74, 6) is 0.476. The molecule has 0 saturated heterocycles. The van der Waals surface area contributed by atoms with Crippen LogP contribution in [0.1, 0.15) is 29.8 Å². The van der Waals surface area contributed by atoms with Crippen molar-refractivity contribution in [2.75, 3.05) is 19.5 Å². The molecule has 0 aliphatic rings. The minimum absolute atomic E-state index is 0.154. The van der Waals surface area contributed by atoms with Crippen LogP contribution in [-0.4, -0.2) is 31.7 Å². The predicted octanol–water partition coefficient (Wildman–Crippen LogP) is 2.82. The van der Waals surface area contributed by atoms with E-state index in [0.717, 1.165) is 5.56 Å². The average Bonchev–Trinajstić information content (AvgIpc) is 2.64. The minimum Gasteiger partial charge on any atom is -0.493 e. The van der Waals surface area contributed by atoms with E-state index in [1.165, 1.54) is 21.1 Å². The maximum atomic E-state index is 12.3. The van der Waals surface area contributed by atoms with Crippen LogP contribution in [-0.2, 0) is 4.79 Å². The molecule has 7 heteroatoms. The molecule has 0 radical (unpaired) electrons. The Morgan fingerprint density at radius 3 is 2.31 bits per heavy atom. The Hall–Kier alpha value is -3.35. The molecular formula is C19H21N3O4. The van der Waals surface area contributed by atoms with Gasteiger partial charge in [0.25, 0.3) is 5.91 Å². The van der Waals surface area contributed by atoms with Gasteiger partial charge in [-0.15, -0.1) is 0 Å². The van der Waals surface area contributed by atoms with Crippen LogP contribution in [0.5, 0.6) is 11.5 Å². The number of carbonyl (C=O) groups is 2. The number of nitrogens with zero attached hydrogens (tertiary/aromatic N) is 1. The lowest BCUT2D eigenvalue weighted by molar-refractivity contribution is -0.114. The molecule has 7 nitrogen and oxygen atoms in total. The first-order chi connectivity index (χ1) is 12.4. The lowest BCUT2D eigenvalue weighted by Gasteiger charge is -2.09. The van der Waals surface area contributed by atoms with Gasteiger partial charge in [0.05, 0.1) is 19.9 Å². The number of hydrazone groups is 1. The van der Waals surface area contributed by atoms with Gasteiger partial charge in [-0.25, -0.2) is 5.43 Å². The molecule has 0 spiro atoms. The highest BCUT2D eigenvalue weighted by Crippen LogP contribution is 2.27. The van der Waals surface area contributed by atoms with E-state index in [9.17, 15) is 9.59 Å². The number of amides is 2. The molecule has 0 aliphatic carbocycles. The fraction of sp³-hybridized carbons (Fsp3) is 0.211. The Morgan fingerprint density at radius 1 is 0.923 bits per heavy atom. The number of benzene rings is 2. The molecule has 0 aliphatic heterocycles. The Morgan fingerprint density at radius 2 is 1.65 bits per heavy atom. The quantitative estimate of drug-likeness (QED) is 0.616. The Balaban J connectivity index is 2.13. The molecule has 2 amide bonds. The molecule has 2 rings (SSSR count). The molecule has 0 heterocycles. The monoisotopic (exact) mass is 355 g/mol. The maximum absolute atomic E-state index is 12.3. The van der Waals surface area contributed by atoms with Crippen molar-refractivity contribution >= 4 is 23.2 Å². The van der Waals surface area contributed by atoms with Gasteiger partial charge in [0.15, 0.2) is 11.5 Å². The van der Waals surface area contributed by atoms with E-state index in [4.69, 9.17) is 9.47 Å². The Kier molecular flexibility index (Phi) is 6.32. The van der Waals surface area contributed by atoms with E-state index < -0.39 is 0 Å². The average molecular weight is 355 g/mol. The molecule has 0 saturated carbocycles. The van der Waals surface area contributed by atoms with Crippen molar-refractivity contribution in [1.29, 1.82) is 0 Å². The molecule has 0 aromatic heterocycles. The number of anilines is 1. The highest BCUT2D eigenvalue weighted by molar-refractivity contribution is 6.02. The molecule has 0 bridgehead atoms. The van der Waals surface area contributed by atoms with E-state index >= 15 is 0 Å². The SMILES string of the molecule is COc1ccc(C(=O)N/N=C(/C)c2cccc(NC(C)=O)c2)cc1OC. The summed E-state index contributed by atoms with van der Waals surface area (Å²) >= 11 is 0. The summed E-state index contributed by atoms with van der Waals surface area (Å²) in [7, 11) is 3.03. The Labute approximate surface area is 152 Å². The standard InChI is InChI=1S/C19H21N3O4/c1-12(14-6-5-7-16(10-14)20-13(2)23)21-22-19(24)15-8-9-17(25-3)18(11-15)26-4/h5-11H,1-4H3,(H,20,23)(H,22,24)/b21-12-. The van der Waals surface area contributed by atoms with Crippen LogP contribution in [0.15, 0.2) is 47.6 Å². The van der Waals surface area contributed by atoms with Crippen LogP contribution in [0.25, 0.3) is 0 Å². The molecule has 0 unspecified atom stereocenters. The van der Waals surface area contributed by atoms with Crippen LogP contribution >= 0.6 is 0 Å². The highest BCUT2D eigenvalue weighted by atomic mass is 16.5. The zero-order valence-electron chi connectivity index (χ0n) is 15.1. The molecule has 0 fully saturated rings. The molecular weight excluding hydrogens is 334 g/mol. The van der Waals surface area contributed by atoms with Gasteiger partial charge < -0.3 is 14.8 Å². The number of methoxy groups -OCH3 is 2. The second-order valence-electron chi connectivity index (χ2n) is 5.47. The van der Waals surface area contributed by atoms with Crippen molar-refractivity contribution in [3.63, 3.8) is 0 Å². The van der Waals surface area contributed by atoms with Crippen molar-refractivity contribution in [3.05, 3.63) is 53.6 Å². The minimum atomic E-state index is -0.372. The van der Waals surface area contributed by atoms with Gasteiger partial charge in [-0.2, -0.15) is 5.10 Å². The first-order valence-electron chi connectivity index (χ1n) is 7.89. The van der Waals surface area contributed by atoms with Crippen molar-refractivity contribution in [2.45, 2.75) is 13.8 Å². The summed E-state index contributed by atoms with van der Waals surface area (Å²) in [6.45, 7) is 3.21. The van der Waals surface area contributed by atoms with E-state index in [0.29, 0.717) is 28.5 Å². The van der Waals surface area contributed by atoms with Crippen LogP contribution in [0.4, 0.5) is 5.69 Å². The zero-order chi connectivity index (χ0) is 19.1. The van der Waals surface area contributed by atoms with Gasteiger partial charge in [-0.05, 0) is 42.8 Å². The van der Waals surface area contributed by atoms with E-state index in [2.05, 4.69) is 15.8 Å². The normalized spacial score (nSPS) is 10.8. The lowest BCUT2D eigenvalue weighted by atomic mass is 10.1. The number of ether oxygens (including phenoxy) is 2. The van der Waals surface area contributed by atoms with Crippen molar-refractivity contribution in [1.82, 2.24) is 5.43 Å². The number of nitrogens with one attached hydrogen (secondary N) is 2. The summed E-state index contributed by atoms with van der Waals surface area (Å²) in [5.41, 5.74) is 4.95. The van der Waals surface area contributed by atoms with E-state index in [1.54, 1.807) is 43.3 Å². The zero-order valence-corrected chi connectivity index (χ0v) is 15.1. The highest BCUT2D eigenvalue weighted by Gasteiger charge is 2.10. The number of rotatable bonds is 6. The second-order valence-corrected chi connectivity index (χ2v) is 5.47. The van der Waals surface area contributed by atoms with Gasteiger partial charge in [0.2, 0.25) is 5.91 Å². The van der Waals surface area contributed by atoms with Crippen molar-refractivity contribution in [3.8, 4) is 11.5 Å². The Bertz CT molecular complexity index is 846. The van der Waals surface area contributed by atoms with Gasteiger partial charge in [-0.3, -0.25) is 9.59 Å². The summed E-state index contributed by atoms with van der Waals surface area (Å²) in [4.78, 5) is 23.4. The third kappa shape index (κ3) is 4.83. The molecule has 2 aromatic carbocycles. The van der Waals surface area contributed by atoms with E-state index in [-0.39, 0.29) is 11.8 Å². The van der Waals surface area contributed by atoms with Crippen LogP contribution in [0, 0.1) is 0 Å². The molecule has 136 valence electrons. The van der Waals surface area contributed by atoms with Gasteiger partial charge in [-0.1, -0.05) is 12.1 Å². The van der Waals surface area contributed by atoms with Gasteiger partial charge in [0, 0.05) is 18.2 Å². The molecule has 26 heavy (non-hydrogen) atoms. The van der Waals surface area contributed by atoms with Crippen LogP contribution in [0.3, 0.4) is 0 Å². The summed E-state index contributed by atoms with van der Waals surface area (Å²) in [6, 6.07) is 12.1. The third-order valence-corrected chi connectivity index (χ3v) is 3.57. The molecule has 2 N–H and O–H groups in total. The lowest BCUT2D eigenvalue weighted by Crippen LogP contribution is -2.19. The molecule has 0 atom stereocenters. The topological polar surface area (TPSA) is 89.0 Å². The number of hydrogen-bond donors (Lipinski definition) is 2. The summed E-state index contributed by atoms with van der Waals surface area (Å²) < 4.78 is 10.3. The van der Waals surface area contributed by atoms with Crippen molar-refractivity contribution in [2.24, 2.45) is 5.10 Å². The first-order valence-corrected chi connectivity index (χ1v) is 7.89. The smallest absolute Gasteiger partial charge is 0.271 e. The van der Waals surface area contributed by atoms with Crippen LogP contribution < -0.4 is 20.2 Å². The number of hydrogen-bond acceptors (Lipinski definition) is 5. The fourth-order valence-corrected chi connectivity index (χ4v) is 2.27. The van der Waals surface area contributed by atoms with Gasteiger partial charge in [0.1, 0.15) is 0 Å². The van der Waals surface area contributed by atoms with E-state index in [1.807, 2.05) is 6.07 Å². The molecule has 2 aromatic rings. The fourth-order valence-electron chi connectivity index (χ4n) is 2.27. The number of carbonyl (C=O) groups excluding carboxylic acids is 2. The third-order valence-electron chi connectivity index (χ3n) is 3.57. The largest absolute Gasteiger partial charge is 0.493 e.